The van der Waals surface area contributed by atoms with E-state index < -0.39 is 17.2 Å². The topological polar surface area (TPSA) is 55.8 Å². The monoisotopic (exact) mass is 318 g/mol. The third kappa shape index (κ3) is 1.75. The lowest BCUT2D eigenvalue weighted by molar-refractivity contribution is -0.140. The zero-order chi connectivity index (χ0) is 13.5. The minimum atomic E-state index is -1.12. The molecule has 0 unspecified atom stereocenters. The van der Waals surface area contributed by atoms with Gasteiger partial charge in [0.2, 0.25) is 0 Å². The van der Waals surface area contributed by atoms with E-state index in [-0.39, 0.29) is 15.8 Å². The van der Waals surface area contributed by atoms with Gasteiger partial charge in [0.1, 0.15) is 5.82 Å². The van der Waals surface area contributed by atoms with Gasteiger partial charge in [0.05, 0.1) is 24.1 Å². The first-order chi connectivity index (χ1) is 8.47. The van der Waals surface area contributed by atoms with Crippen LogP contribution in [0.15, 0.2) is 10.5 Å². The van der Waals surface area contributed by atoms with Crippen LogP contribution >= 0.6 is 15.9 Å². The Morgan fingerprint density at radius 2 is 2.06 bits per heavy atom. The molecule has 0 spiro atoms. The summed E-state index contributed by atoms with van der Waals surface area (Å²) in [5.74, 6) is -1.08. The van der Waals surface area contributed by atoms with Crippen LogP contribution in [0.2, 0.25) is 0 Å². The minimum Gasteiger partial charge on any atom is -0.493 e. The predicted molar refractivity (Wildman–Crippen MR) is 65.8 cm³/mol. The Hall–Kier alpha value is -1.30. The van der Waals surface area contributed by atoms with Gasteiger partial charge in [-0.25, -0.2) is 4.39 Å². The first kappa shape index (κ1) is 13.1. The van der Waals surface area contributed by atoms with Crippen LogP contribution in [0.25, 0.3) is 0 Å². The number of methoxy groups -OCH3 is 2. The van der Waals surface area contributed by atoms with Crippen molar-refractivity contribution in [2.24, 2.45) is 0 Å². The lowest BCUT2D eigenvalue weighted by atomic mass is 9.95. The van der Waals surface area contributed by atoms with Gasteiger partial charge in [-0.2, -0.15) is 0 Å². The van der Waals surface area contributed by atoms with Gasteiger partial charge in [0, 0.05) is 5.56 Å². The molecular formula is C12H12BrFO4. The van der Waals surface area contributed by atoms with Gasteiger partial charge in [0.15, 0.2) is 11.5 Å². The second kappa shape index (κ2) is 4.42. The molecule has 4 nitrogen and oxygen atoms in total. The highest BCUT2D eigenvalue weighted by atomic mass is 79.9. The van der Waals surface area contributed by atoms with Gasteiger partial charge >= 0.3 is 5.97 Å². The molecule has 0 aromatic heterocycles. The molecule has 1 aromatic rings. The van der Waals surface area contributed by atoms with Crippen LogP contribution < -0.4 is 9.47 Å². The summed E-state index contributed by atoms with van der Waals surface area (Å²) in [6.07, 6.45) is 0.863. The van der Waals surface area contributed by atoms with Gasteiger partial charge in [-0.3, -0.25) is 4.79 Å². The molecule has 1 N–H and O–H groups in total. The Bertz CT molecular complexity index is 511. The average molecular weight is 319 g/mol. The van der Waals surface area contributed by atoms with Crippen molar-refractivity contribution in [1.29, 1.82) is 0 Å². The summed E-state index contributed by atoms with van der Waals surface area (Å²) in [7, 11) is 2.82. The maximum Gasteiger partial charge on any atom is 0.314 e. The number of carboxylic acid groups (broad SMARTS) is 1. The lowest BCUT2D eigenvalue weighted by Crippen LogP contribution is -2.21. The second-order valence-corrected chi connectivity index (χ2v) is 4.97. The van der Waals surface area contributed by atoms with Crippen LogP contribution in [-0.4, -0.2) is 25.3 Å². The van der Waals surface area contributed by atoms with Gasteiger partial charge in [-0.1, -0.05) is 0 Å². The van der Waals surface area contributed by atoms with E-state index in [0.29, 0.717) is 18.6 Å². The first-order valence-corrected chi connectivity index (χ1v) is 6.11. The molecule has 0 heterocycles. The molecule has 1 fully saturated rings. The molecule has 1 aliphatic rings. The lowest BCUT2D eigenvalue weighted by Gasteiger charge is -2.17. The summed E-state index contributed by atoms with van der Waals surface area (Å²) in [4.78, 5) is 11.2. The maximum absolute atomic E-state index is 14.2. The number of aliphatic carboxylic acids is 1. The number of rotatable bonds is 4. The predicted octanol–water partition coefficient (Wildman–Crippen LogP) is 2.72. The number of benzene rings is 1. The zero-order valence-electron chi connectivity index (χ0n) is 9.92. The van der Waals surface area contributed by atoms with Crippen molar-refractivity contribution in [1.82, 2.24) is 0 Å². The van der Waals surface area contributed by atoms with Crippen LogP contribution in [0.5, 0.6) is 11.5 Å². The van der Waals surface area contributed by atoms with Crippen molar-refractivity contribution in [2.75, 3.05) is 14.2 Å². The van der Waals surface area contributed by atoms with E-state index in [0.717, 1.165) is 0 Å². The molecule has 98 valence electrons. The summed E-state index contributed by atoms with van der Waals surface area (Å²) in [5.41, 5.74) is -0.980. The Kier molecular flexibility index (Phi) is 3.23. The molecule has 18 heavy (non-hydrogen) atoms. The summed E-state index contributed by atoms with van der Waals surface area (Å²) >= 11 is 3.08. The summed E-state index contributed by atoms with van der Waals surface area (Å²) in [5, 5.41) is 9.21. The number of carbonyl (C=O) groups is 1. The van der Waals surface area contributed by atoms with Crippen LogP contribution in [0, 0.1) is 5.82 Å². The van der Waals surface area contributed by atoms with Gasteiger partial charge in [-0.15, -0.1) is 0 Å². The van der Waals surface area contributed by atoms with E-state index in [1.807, 2.05) is 0 Å². The van der Waals surface area contributed by atoms with Gasteiger partial charge in [-0.05, 0) is 34.8 Å². The molecule has 0 bridgehead atoms. The smallest absolute Gasteiger partial charge is 0.314 e. The molecular weight excluding hydrogens is 307 g/mol. The fourth-order valence-corrected chi connectivity index (χ4v) is 2.57. The molecule has 0 saturated heterocycles. The molecule has 0 atom stereocenters. The third-order valence-corrected chi connectivity index (χ3v) is 3.93. The fraction of sp³-hybridized carbons (Fsp3) is 0.417. The third-order valence-electron chi connectivity index (χ3n) is 3.23. The van der Waals surface area contributed by atoms with Crippen molar-refractivity contribution in [3.63, 3.8) is 0 Å². The molecule has 0 amide bonds. The SMILES string of the molecule is COc1cc(C2(C(=O)O)CC2)c(F)c(Br)c1OC. The van der Waals surface area contributed by atoms with Crippen LogP contribution in [0.4, 0.5) is 4.39 Å². The molecule has 0 aliphatic heterocycles. The molecule has 0 radical (unpaired) electrons. The van der Waals surface area contributed by atoms with Crippen LogP contribution in [0.3, 0.4) is 0 Å². The van der Waals surface area contributed by atoms with Crippen molar-refractivity contribution in [3.8, 4) is 11.5 Å². The zero-order valence-corrected chi connectivity index (χ0v) is 11.5. The normalized spacial score (nSPS) is 16.2. The number of halogens is 2. The molecule has 1 saturated carbocycles. The quantitative estimate of drug-likeness (QED) is 0.927. The second-order valence-electron chi connectivity index (χ2n) is 4.17. The fourth-order valence-electron chi connectivity index (χ4n) is 2.00. The van der Waals surface area contributed by atoms with Gasteiger partial charge in [0.25, 0.3) is 0 Å². The highest BCUT2D eigenvalue weighted by Crippen LogP contribution is 2.53. The van der Waals surface area contributed by atoms with E-state index >= 15 is 0 Å². The van der Waals surface area contributed by atoms with E-state index in [1.165, 1.54) is 20.3 Å². The van der Waals surface area contributed by atoms with E-state index in [2.05, 4.69) is 15.9 Å². The number of carboxylic acids is 1. The molecule has 1 aliphatic carbocycles. The highest BCUT2D eigenvalue weighted by Gasteiger charge is 2.54. The van der Waals surface area contributed by atoms with E-state index in [1.54, 1.807) is 0 Å². The molecule has 2 rings (SSSR count). The summed E-state index contributed by atoms with van der Waals surface area (Å²) in [6, 6.07) is 1.40. The minimum absolute atomic E-state index is 0.0897. The van der Waals surface area contributed by atoms with Crippen molar-refractivity contribution < 1.29 is 23.8 Å². The van der Waals surface area contributed by atoms with Crippen molar-refractivity contribution >= 4 is 21.9 Å². The number of hydrogen-bond acceptors (Lipinski definition) is 3. The Balaban J connectivity index is 2.63. The molecule has 6 heteroatoms. The van der Waals surface area contributed by atoms with Gasteiger partial charge < -0.3 is 14.6 Å². The highest BCUT2D eigenvalue weighted by molar-refractivity contribution is 9.10. The Morgan fingerprint density at radius 1 is 1.44 bits per heavy atom. The Morgan fingerprint density at radius 3 is 2.44 bits per heavy atom. The summed E-state index contributed by atoms with van der Waals surface area (Å²) < 4.78 is 24.4. The first-order valence-electron chi connectivity index (χ1n) is 5.31. The van der Waals surface area contributed by atoms with Crippen molar-refractivity contribution in [3.05, 3.63) is 21.9 Å². The summed E-state index contributed by atoms with van der Waals surface area (Å²) in [6.45, 7) is 0. The van der Waals surface area contributed by atoms with Crippen LogP contribution in [0.1, 0.15) is 18.4 Å². The Labute approximate surface area is 112 Å². The van der Waals surface area contributed by atoms with E-state index in [9.17, 15) is 14.3 Å². The van der Waals surface area contributed by atoms with Crippen LogP contribution in [-0.2, 0) is 10.2 Å². The average Bonchev–Trinajstić information content (AvgIpc) is 3.13. The molecule has 1 aromatic carbocycles. The van der Waals surface area contributed by atoms with E-state index in [4.69, 9.17) is 9.47 Å². The maximum atomic E-state index is 14.2. The standard InChI is InChI=1S/C12H12BrFO4/c1-17-7-5-6(12(3-4-12)11(15)16)9(14)8(13)10(7)18-2/h5H,3-4H2,1-2H3,(H,15,16). The largest absolute Gasteiger partial charge is 0.493 e. The number of hydrogen-bond donors (Lipinski definition) is 1. The van der Waals surface area contributed by atoms with Crippen molar-refractivity contribution in [2.45, 2.75) is 18.3 Å². The number of ether oxygens (including phenoxy) is 2.